The second-order valence-electron chi connectivity index (χ2n) is 7.28. The maximum atomic E-state index is 12.4. The second kappa shape index (κ2) is 10.1. The Morgan fingerprint density at radius 2 is 1.82 bits per heavy atom. The summed E-state index contributed by atoms with van der Waals surface area (Å²) in [4.78, 5) is 17.0. The third-order valence-electron chi connectivity index (χ3n) is 5.47. The Hall–Kier alpha value is -2.53. The molecule has 0 radical (unpaired) electrons. The predicted molar refractivity (Wildman–Crippen MR) is 114 cm³/mol. The van der Waals surface area contributed by atoms with Crippen LogP contribution in [0.25, 0.3) is 0 Å². The molecule has 0 unspecified atom stereocenters. The lowest BCUT2D eigenvalue weighted by molar-refractivity contribution is -0.122. The zero-order chi connectivity index (χ0) is 19.8. The van der Waals surface area contributed by atoms with Gasteiger partial charge in [0.1, 0.15) is 5.75 Å². The molecule has 0 bridgehead atoms. The summed E-state index contributed by atoms with van der Waals surface area (Å²) in [7, 11) is 1.69. The van der Waals surface area contributed by atoms with Gasteiger partial charge in [0.25, 0.3) is 0 Å². The Balaban J connectivity index is 1.43. The lowest BCUT2D eigenvalue weighted by Gasteiger charge is -2.35. The fourth-order valence-corrected chi connectivity index (χ4v) is 3.69. The molecule has 0 spiro atoms. The zero-order valence-corrected chi connectivity index (χ0v) is 16.9. The minimum Gasteiger partial charge on any atom is -0.497 e. The first-order chi connectivity index (χ1) is 13.7. The summed E-state index contributed by atoms with van der Waals surface area (Å²) in [5.41, 5.74) is 2.47. The molecule has 0 aliphatic carbocycles. The SMILES string of the molecule is CC[C@H](CNC(=O)CN1CCN(c2cccc(OC)c2)CC1)c1ccccc1. The number of methoxy groups -OCH3 is 1. The van der Waals surface area contributed by atoms with Gasteiger partial charge in [0.2, 0.25) is 5.91 Å². The van der Waals surface area contributed by atoms with E-state index in [1.165, 1.54) is 11.3 Å². The molecule has 1 aliphatic heterocycles. The molecule has 5 heteroatoms. The van der Waals surface area contributed by atoms with Gasteiger partial charge in [-0.05, 0) is 24.1 Å². The van der Waals surface area contributed by atoms with E-state index in [9.17, 15) is 4.79 Å². The molecule has 3 rings (SSSR count). The first kappa shape index (κ1) is 20.2. The van der Waals surface area contributed by atoms with Gasteiger partial charge in [0.05, 0.1) is 13.7 Å². The summed E-state index contributed by atoms with van der Waals surface area (Å²) in [6, 6.07) is 18.6. The molecular formula is C23H31N3O2. The number of hydrogen-bond donors (Lipinski definition) is 1. The highest BCUT2D eigenvalue weighted by molar-refractivity contribution is 5.78. The van der Waals surface area contributed by atoms with Crippen LogP contribution in [0.4, 0.5) is 5.69 Å². The third kappa shape index (κ3) is 5.49. The molecule has 1 aliphatic rings. The van der Waals surface area contributed by atoms with Gasteiger partial charge in [0, 0.05) is 50.4 Å². The van der Waals surface area contributed by atoms with Crippen molar-refractivity contribution in [2.24, 2.45) is 0 Å². The normalized spacial score (nSPS) is 15.9. The number of hydrogen-bond acceptors (Lipinski definition) is 4. The summed E-state index contributed by atoms with van der Waals surface area (Å²) >= 11 is 0. The van der Waals surface area contributed by atoms with E-state index < -0.39 is 0 Å². The number of piperazine rings is 1. The molecule has 5 nitrogen and oxygen atoms in total. The van der Waals surface area contributed by atoms with Gasteiger partial charge in [-0.2, -0.15) is 0 Å². The standard InChI is InChI=1S/C23H31N3O2/c1-3-19(20-8-5-4-6-9-20)17-24-23(27)18-25-12-14-26(15-13-25)21-10-7-11-22(16-21)28-2/h4-11,16,19H,3,12-15,17-18H2,1-2H3,(H,24,27)/t19-/m1/s1. The highest BCUT2D eigenvalue weighted by Crippen LogP contribution is 2.22. The minimum atomic E-state index is 0.115. The van der Waals surface area contributed by atoms with E-state index in [0.717, 1.165) is 38.3 Å². The molecule has 0 saturated carbocycles. The van der Waals surface area contributed by atoms with Crippen LogP contribution >= 0.6 is 0 Å². The lowest BCUT2D eigenvalue weighted by atomic mass is 9.96. The van der Waals surface area contributed by atoms with E-state index in [2.05, 4.69) is 58.4 Å². The van der Waals surface area contributed by atoms with Gasteiger partial charge in [0.15, 0.2) is 0 Å². The Morgan fingerprint density at radius 3 is 2.50 bits per heavy atom. The molecule has 2 aromatic rings. The van der Waals surface area contributed by atoms with Gasteiger partial charge < -0.3 is 15.0 Å². The molecule has 1 heterocycles. The molecule has 1 saturated heterocycles. The van der Waals surface area contributed by atoms with Crippen molar-refractivity contribution >= 4 is 11.6 Å². The van der Waals surface area contributed by atoms with Gasteiger partial charge in [-0.15, -0.1) is 0 Å². The van der Waals surface area contributed by atoms with Crippen molar-refractivity contribution in [1.82, 2.24) is 10.2 Å². The Labute approximate surface area is 168 Å². The number of carbonyl (C=O) groups is 1. The van der Waals surface area contributed by atoms with Crippen LogP contribution in [-0.4, -0.2) is 57.2 Å². The zero-order valence-electron chi connectivity index (χ0n) is 16.9. The van der Waals surface area contributed by atoms with Crippen LogP contribution in [0.5, 0.6) is 5.75 Å². The van der Waals surface area contributed by atoms with Gasteiger partial charge in [-0.1, -0.05) is 43.3 Å². The summed E-state index contributed by atoms with van der Waals surface area (Å²) in [6.45, 7) is 6.95. The van der Waals surface area contributed by atoms with E-state index in [1.807, 2.05) is 18.2 Å². The molecule has 1 amide bonds. The smallest absolute Gasteiger partial charge is 0.234 e. The molecule has 28 heavy (non-hydrogen) atoms. The average Bonchev–Trinajstić information content (AvgIpc) is 2.75. The summed E-state index contributed by atoms with van der Waals surface area (Å²) in [6.07, 6.45) is 1.02. The monoisotopic (exact) mass is 381 g/mol. The summed E-state index contributed by atoms with van der Waals surface area (Å²) < 4.78 is 5.32. The summed E-state index contributed by atoms with van der Waals surface area (Å²) in [5, 5.41) is 3.13. The van der Waals surface area contributed by atoms with Crippen LogP contribution in [0, 0.1) is 0 Å². The van der Waals surface area contributed by atoms with Crippen LogP contribution in [0.15, 0.2) is 54.6 Å². The number of anilines is 1. The first-order valence-corrected chi connectivity index (χ1v) is 10.1. The number of nitrogens with zero attached hydrogens (tertiary/aromatic N) is 2. The average molecular weight is 382 g/mol. The number of benzene rings is 2. The van der Waals surface area contributed by atoms with E-state index >= 15 is 0 Å². The third-order valence-corrected chi connectivity index (χ3v) is 5.47. The van der Waals surface area contributed by atoms with Crippen LogP contribution in [0.1, 0.15) is 24.8 Å². The van der Waals surface area contributed by atoms with Crippen molar-refractivity contribution in [1.29, 1.82) is 0 Å². The number of rotatable bonds is 8. The number of amides is 1. The molecule has 0 aromatic heterocycles. The van der Waals surface area contributed by atoms with Gasteiger partial charge >= 0.3 is 0 Å². The van der Waals surface area contributed by atoms with Crippen LogP contribution < -0.4 is 15.0 Å². The van der Waals surface area contributed by atoms with Crippen molar-refractivity contribution in [3.63, 3.8) is 0 Å². The van der Waals surface area contributed by atoms with E-state index in [-0.39, 0.29) is 5.91 Å². The highest BCUT2D eigenvalue weighted by atomic mass is 16.5. The predicted octanol–water partition coefficient (Wildman–Crippen LogP) is 3.13. The lowest BCUT2D eigenvalue weighted by Crippen LogP contribution is -2.49. The van der Waals surface area contributed by atoms with Crippen molar-refractivity contribution in [3.05, 3.63) is 60.2 Å². The minimum absolute atomic E-state index is 0.115. The second-order valence-corrected chi connectivity index (χ2v) is 7.28. The fourth-order valence-electron chi connectivity index (χ4n) is 3.69. The number of ether oxygens (including phenoxy) is 1. The van der Waals surface area contributed by atoms with Crippen LogP contribution in [0.2, 0.25) is 0 Å². The first-order valence-electron chi connectivity index (χ1n) is 10.1. The largest absolute Gasteiger partial charge is 0.497 e. The number of nitrogens with one attached hydrogen (secondary N) is 1. The van der Waals surface area contributed by atoms with Crippen LogP contribution in [-0.2, 0) is 4.79 Å². The van der Waals surface area contributed by atoms with Crippen molar-refractivity contribution in [3.8, 4) is 5.75 Å². The Morgan fingerprint density at radius 1 is 1.07 bits per heavy atom. The maximum Gasteiger partial charge on any atom is 0.234 e. The molecule has 1 atom stereocenters. The van der Waals surface area contributed by atoms with Crippen molar-refractivity contribution in [2.45, 2.75) is 19.3 Å². The van der Waals surface area contributed by atoms with Gasteiger partial charge in [-0.3, -0.25) is 9.69 Å². The van der Waals surface area contributed by atoms with E-state index in [4.69, 9.17) is 4.74 Å². The quantitative estimate of drug-likeness (QED) is 0.763. The Kier molecular flexibility index (Phi) is 7.31. The molecule has 2 aromatic carbocycles. The van der Waals surface area contributed by atoms with Crippen LogP contribution in [0.3, 0.4) is 0 Å². The van der Waals surface area contributed by atoms with E-state index in [1.54, 1.807) is 7.11 Å². The Bertz CT molecular complexity index is 743. The molecule has 1 fully saturated rings. The fraction of sp³-hybridized carbons (Fsp3) is 0.435. The molecular weight excluding hydrogens is 350 g/mol. The topological polar surface area (TPSA) is 44.8 Å². The summed E-state index contributed by atoms with van der Waals surface area (Å²) in [5.74, 6) is 1.36. The van der Waals surface area contributed by atoms with Crippen molar-refractivity contribution < 1.29 is 9.53 Å². The highest BCUT2D eigenvalue weighted by Gasteiger charge is 2.20. The van der Waals surface area contributed by atoms with Crippen molar-refractivity contribution in [2.75, 3.05) is 51.3 Å². The number of carbonyl (C=O) groups excluding carboxylic acids is 1. The van der Waals surface area contributed by atoms with E-state index in [0.29, 0.717) is 19.0 Å². The molecule has 1 N–H and O–H groups in total. The van der Waals surface area contributed by atoms with Gasteiger partial charge in [-0.25, -0.2) is 0 Å². The molecule has 150 valence electrons. The maximum absolute atomic E-state index is 12.4.